The van der Waals surface area contributed by atoms with Gasteiger partial charge < -0.3 is 5.11 Å². The van der Waals surface area contributed by atoms with E-state index in [1.54, 1.807) is 0 Å². The predicted molar refractivity (Wildman–Crippen MR) is 76.3 cm³/mol. The fourth-order valence-corrected chi connectivity index (χ4v) is 2.18. The van der Waals surface area contributed by atoms with Crippen molar-refractivity contribution in [3.8, 4) is 12.3 Å². The van der Waals surface area contributed by atoms with Crippen LogP contribution in [0.5, 0.6) is 0 Å². The van der Waals surface area contributed by atoms with Crippen molar-refractivity contribution in [1.29, 1.82) is 0 Å². The van der Waals surface area contributed by atoms with Gasteiger partial charge in [0.15, 0.2) is 0 Å². The largest absolute Gasteiger partial charge is 0.393 e. The van der Waals surface area contributed by atoms with Gasteiger partial charge in [0, 0.05) is 6.42 Å². The molecule has 0 aliphatic rings. The van der Waals surface area contributed by atoms with E-state index < -0.39 is 0 Å². The minimum atomic E-state index is -0.292. The molecule has 0 amide bonds. The van der Waals surface area contributed by atoms with Crippen LogP contribution in [0, 0.1) is 12.3 Å². The summed E-state index contributed by atoms with van der Waals surface area (Å²) in [5.41, 5.74) is 1.18. The number of benzene rings is 2. The molecule has 0 fully saturated rings. The molecule has 0 saturated heterocycles. The molecule has 0 bridgehead atoms. The topological polar surface area (TPSA) is 20.2 Å². The zero-order chi connectivity index (χ0) is 12.8. The highest BCUT2D eigenvalue weighted by atomic mass is 16.3. The summed E-state index contributed by atoms with van der Waals surface area (Å²) in [6.45, 7) is 0. The molecule has 18 heavy (non-hydrogen) atoms. The Balaban J connectivity index is 2.01. The van der Waals surface area contributed by atoms with Crippen LogP contribution < -0.4 is 0 Å². The van der Waals surface area contributed by atoms with Crippen LogP contribution in [-0.2, 0) is 6.42 Å². The quantitative estimate of drug-likeness (QED) is 0.624. The second-order valence-electron chi connectivity index (χ2n) is 4.64. The third-order valence-corrected chi connectivity index (χ3v) is 3.14. The third-order valence-electron chi connectivity index (χ3n) is 3.14. The Morgan fingerprint density at radius 3 is 2.67 bits per heavy atom. The number of aliphatic hydroxyl groups is 1. The summed E-state index contributed by atoms with van der Waals surface area (Å²) >= 11 is 0. The van der Waals surface area contributed by atoms with E-state index in [4.69, 9.17) is 6.42 Å². The van der Waals surface area contributed by atoms with Crippen molar-refractivity contribution in [3.63, 3.8) is 0 Å². The van der Waals surface area contributed by atoms with E-state index in [-0.39, 0.29) is 6.10 Å². The number of terminal acetylenes is 1. The van der Waals surface area contributed by atoms with Gasteiger partial charge in [0.25, 0.3) is 0 Å². The van der Waals surface area contributed by atoms with E-state index in [0.29, 0.717) is 6.42 Å². The molecule has 0 heterocycles. The standard InChI is InChI=1S/C17H18O/c1-2-3-4-9-17(18)13-14-10-11-15-7-5-6-8-16(15)12-14/h1,5-8,10-12,17-18H,3-4,9,13H2. The molecule has 2 aromatic carbocycles. The minimum absolute atomic E-state index is 0.292. The van der Waals surface area contributed by atoms with E-state index in [9.17, 15) is 5.11 Å². The monoisotopic (exact) mass is 238 g/mol. The van der Waals surface area contributed by atoms with E-state index >= 15 is 0 Å². The first kappa shape index (κ1) is 12.7. The normalized spacial score (nSPS) is 12.2. The molecule has 1 N–H and O–H groups in total. The molecule has 1 nitrogen and oxygen atoms in total. The Kier molecular flexibility index (Phi) is 4.39. The first-order valence-corrected chi connectivity index (χ1v) is 6.39. The summed E-state index contributed by atoms with van der Waals surface area (Å²) < 4.78 is 0. The van der Waals surface area contributed by atoms with Gasteiger partial charge in [-0.3, -0.25) is 0 Å². The van der Waals surface area contributed by atoms with Crippen LogP contribution in [0.15, 0.2) is 42.5 Å². The number of rotatable bonds is 5. The molecule has 2 rings (SSSR count). The average Bonchev–Trinajstić information content (AvgIpc) is 2.39. The lowest BCUT2D eigenvalue weighted by Gasteiger charge is -2.10. The van der Waals surface area contributed by atoms with Crippen LogP contribution in [0.3, 0.4) is 0 Å². The maximum absolute atomic E-state index is 9.93. The fraction of sp³-hybridized carbons (Fsp3) is 0.294. The molecular formula is C17H18O. The Morgan fingerprint density at radius 1 is 1.11 bits per heavy atom. The first-order valence-electron chi connectivity index (χ1n) is 6.39. The highest BCUT2D eigenvalue weighted by molar-refractivity contribution is 5.82. The average molecular weight is 238 g/mol. The second kappa shape index (κ2) is 6.23. The smallest absolute Gasteiger partial charge is 0.0580 e. The number of fused-ring (bicyclic) bond motifs is 1. The molecule has 1 unspecified atom stereocenters. The van der Waals surface area contributed by atoms with Crippen molar-refractivity contribution in [2.24, 2.45) is 0 Å². The van der Waals surface area contributed by atoms with Crippen molar-refractivity contribution in [1.82, 2.24) is 0 Å². The maximum atomic E-state index is 9.93. The molecular weight excluding hydrogens is 220 g/mol. The van der Waals surface area contributed by atoms with Crippen LogP contribution in [0.2, 0.25) is 0 Å². The summed E-state index contributed by atoms with van der Waals surface area (Å²) in [7, 11) is 0. The van der Waals surface area contributed by atoms with Gasteiger partial charge in [0.05, 0.1) is 6.10 Å². The lowest BCUT2D eigenvalue weighted by Crippen LogP contribution is -2.10. The third kappa shape index (κ3) is 3.35. The van der Waals surface area contributed by atoms with Gasteiger partial charge in [-0.05, 0) is 35.6 Å². The summed E-state index contributed by atoms with van der Waals surface area (Å²) in [6, 6.07) is 14.6. The minimum Gasteiger partial charge on any atom is -0.393 e. The Labute approximate surface area is 108 Å². The van der Waals surface area contributed by atoms with Gasteiger partial charge in [-0.1, -0.05) is 42.5 Å². The Hall–Kier alpha value is -1.78. The highest BCUT2D eigenvalue weighted by Gasteiger charge is 2.05. The van der Waals surface area contributed by atoms with Crippen LogP contribution in [0.1, 0.15) is 24.8 Å². The zero-order valence-corrected chi connectivity index (χ0v) is 10.5. The highest BCUT2D eigenvalue weighted by Crippen LogP contribution is 2.17. The van der Waals surface area contributed by atoms with Gasteiger partial charge >= 0.3 is 0 Å². The Morgan fingerprint density at radius 2 is 1.89 bits per heavy atom. The van der Waals surface area contributed by atoms with E-state index in [2.05, 4.69) is 36.3 Å². The van der Waals surface area contributed by atoms with Crippen molar-refractivity contribution >= 4 is 10.8 Å². The second-order valence-corrected chi connectivity index (χ2v) is 4.64. The molecule has 0 radical (unpaired) electrons. The number of unbranched alkanes of at least 4 members (excludes halogenated alkanes) is 1. The van der Waals surface area contributed by atoms with E-state index in [1.165, 1.54) is 16.3 Å². The number of hydrogen-bond acceptors (Lipinski definition) is 1. The van der Waals surface area contributed by atoms with Crippen LogP contribution >= 0.6 is 0 Å². The molecule has 0 spiro atoms. The van der Waals surface area contributed by atoms with Gasteiger partial charge in [0.2, 0.25) is 0 Å². The zero-order valence-electron chi connectivity index (χ0n) is 10.5. The predicted octanol–water partition coefficient (Wildman–Crippen LogP) is 3.55. The van der Waals surface area contributed by atoms with E-state index in [1.807, 2.05) is 12.1 Å². The molecule has 1 heteroatoms. The summed E-state index contributed by atoms with van der Waals surface area (Å²) in [5.74, 6) is 2.60. The lowest BCUT2D eigenvalue weighted by molar-refractivity contribution is 0.162. The maximum Gasteiger partial charge on any atom is 0.0580 e. The van der Waals surface area contributed by atoms with Crippen molar-refractivity contribution in [2.75, 3.05) is 0 Å². The van der Waals surface area contributed by atoms with Crippen LogP contribution in [-0.4, -0.2) is 11.2 Å². The van der Waals surface area contributed by atoms with Crippen LogP contribution in [0.4, 0.5) is 0 Å². The number of aliphatic hydroxyl groups excluding tert-OH is 1. The van der Waals surface area contributed by atoms with Crippen molar-refractivity contribution in [3.05, 3.63) is 48.0 Å². The Bertz CT molecular complexity index is 551. The summed E-state index contributed by atoms with van der Waals surface area (Å²) in [6.07, 6.45) is 8.02. The van der Waals surface area contributed by atoms with Crippen molar-refractivity contribution in [2.45, 2.75) is 31.8 Å². The SMILES string of the molecule is C#CCCCC(O)Cc1ccc2ccccc2c1. The van der Waals surface area contributed by atoms with Gasteiger partial charge in [-0.2, -0.15) is 0 Å². The number of hydrogen-bond donors (Lipinski definition) is 1. The van der Waals surface area contributed by atoms with Gasteiger partial charge in [-0.15, -0.1) is 12.3 Å². The lowest BCUT2D eigenvalue weighted by atomic mass is 10.0. The molecule has 1 atom stereocenters. The van der Waals surface area contributed by atoms with Gasteiger partial charge in [-0.25, -0.2) is 0 Å². The van der Waals surface area contributed by atoms with Crippen molar-refractivity contribution < 1.29 is 5.11 Å². The molecule has 0 aliphatic heterocycles. The van der Waals surface area contributed by atoms with Crippen LogP contribution in [0.25, 0.3) is 10.8 Å². The van der Waals surface area contributed by atoms with Gasteiger partial charge in [0.1, 0.15) is 0 Å². The van der Waals surface area contributed by atoms with E-state index in [0.717, 1.165) is 19.3 Å². The molecule has 0 aromatic heterocycles. The molecule has 0 saturated carbocycles. The first-order chi connectivity index (χ1) is 8.79. The summed E-state index contributed by atoms with van der Waals surface area (Å²) in [5, 5.41) is 12.4. The molecule has 2 aromatic rings. The fourth-order valence-electron chi connectivity index (χ4n) is 2.18. The molecule has 0 aliphatic carbocycles. The summed E-state index contributed by atoms with van der Waals surface area (Å²) in [4.78, 5) is 0. The molecule has 92 valence electrons.